The van der Waals surface area contributed by atoms with Crippen LogP contribution in [0.25, 0.3) is 88.7 Å². The molecule has 0 fully saturated rings. The maximum absolute atomic E-state index is 5.18. The summed E-state index contributed by atoms with van der Waals surface area (Å²) >= 11 is 0. The molecule has 2 aliphatic carbocycles. The average Bonchev–Trinajstić information content (AvgIpc) is 3.73. The standard InChI is InChI=1S/C53H33N3/c1-32-24-26-38-42(28-32)36-18-8-9-19-37(36)43-30-45-41-27-25-35(52-55-50(33-14-4-2-5-15-33)54-51(56-52)34-16-6-3-7-17-34)29-48(41)53(49(45)31-44(38)43)46-22-12-10-20-39(46)40-21-11-13-23-47(40)53/h2-31H,1H3. The predicted octanol–water partition coefficient (Wildman–Crippen LogP) is 13.0. The second-order valence-electron chi connectivity index (χ2n) is 15.2. The molecule has 0 bridgehead atoms. The topological polar surface area (TPSA) is 38.7 Å². The second kappa shape index (κ2) is 11.6. The zero-order valence-corrected chi connectivity index (χ0v) is 30.7. The van der Waals surface area contributed by atoms with Crippen molar-refractivity contribution in [3.8, 4) is 56.4 Å². The van der Waals surface area contributed by atoms with Crippen LogP contribution in [0.15, 0.2) is 182 Å². The molecule has 0 amide bonds. The van der Waals surface area contributed by atoms with Crippen molar-refractivity contribution in [3.63, 3.8) is 0 Å². The van der Waals surface area contributed by atoms with Crippen molar-refractivity contribution in [2.24, 2.45) is 0 Å². The van der Waals surface area contributed by atoms with Gasteiger partial charge in [-0.3, -0.25) is 0 Å². The van der Waals surface area contributed by atoms with Gasteiger partial charge in [0.25, 0.3) is 0 Å². The summed E-state index contributed by atoms with van der Waals surface area (Å²) in [7, 11) is 0. The van der Waals surface area contributed by atoms with Crippen molar-refractivity contribution in [1.29, 1.82) is 0 Å². The van der Waals surface area contributed by atoms with E-state index in [2.05, 4.69) is 153 Å². The number of benzene rings is 9. The molecule has 0 N–H and O–H groups in total. The number of nitrogens with zero attached hydrogens (tertiary/aromatic N) is 3. The van der Waals surface area contributed by atoms with Gasteiger partial charge in [-0.1, -0.05) is 169 Å². The number of rotatable bonds is 3. The lowest BCUT2D eigenvalue weighted by molar-refractivity contribution is 0.795. The first-order valence-electron chi connectivity index (χ1n) is 19.3. The molecule has 0 atom stereocenters. The molecule has 1 aromatic heterocycles. The highest BCUT2D eigenvalue weighted by molar-refractivity contribution is 6.26. The summed E-state index contributed by atoms with van der Waals surface area (Å²) in [5.74, 6) is 1.97. The van der Waals surface area contributed by atoms with Crippen molar-refractivity contribution in [1.82, 2.24) is 15.0 Å². The Morgan fingerprint density at radius 1 is 0.304 bits per heavy atom. The molecule has 12 rings (SSSR count). The summed E-state index contributed by atoms with van der Waals surface area (Å²) < 4.78 is 0. The highest BCUT2D eigenvalue weighted by Gasteiger charge is 2.52. The molecule has 0 radical (unpaired) electrons. The normalized spacial score (nSPS) is 13.2. The van der Waals surface area contributed by atoms with Gasteiger partial charge in [-0.05, 0) is 102 Å². The molecule has 1 spiro atoms. The summed E-state index contributed by atoms with van der Waals surface area (Å²) in [4.78, 5) is 15.4. The number of hydrogen-bond acceptors (Lipinski definition) is 3. The minimum atomic E-state index is -0.539. The van der Waals surface area contributed by atoms with Crippen molar-refractivity contribution >= 4 is 32.3 Å². The number of aromatic nitrogens is 3. The molecule has 260 valence electrons. The van der Waals surface area contributed by atoms with Crippen molar-refractivity contribution < 1.29 is 0 Å². The van der Waals surface area contributed by atoms with Crippen LogP contribution in [0.5, 0.6) is 0 Å². The Labute approximate surface area is 324 Å². The van der Waals surface area contributed by atoms with Crippen molar-refractivity contribution in [2.45, 2.75) is 12.3 Å². The third-order valence-corrected chi connectivity index (χ3v) is 12.2. The Hall–Kier alpha value is -7.23. The van der Waals surface area contributed by atoms with Crippen LogP contribution < -0.4 is 0 Å². The molecule has 0 saturated heterocycles. The molecular weight excluding hydrogens is 679 g/mol. The van der Waals surface area contributed by atoms with Crippen LogP contribution in [0.4, 0.5) is 0 Å². The maximum Gasteiger partial charge on any atom is 0.164 e. The summed E-state index contributed by atoms with van der Waals surface area (Å²) in [5.41, 5.74) is 13.9. The van der Waals surface area contributed by atoms with Crippen LogP contribution in [0, 0.1) is 6.92 Å². The van der Waals surface area contributed by atoms with E-state index >= 15 is 0 Å². The first-order chi connectivity index (χ1) is 27.7. The zero-order chi connectivity index (χ0) is 37.0. The summed E-state index contributed by atoms with van der Waals surface area (Å²) in [6.07, 6.45) is 0. The van der Waals surface area contributed by atoms with Gasteiger partial charge in [0.2, 0.25) is 0 Å². The van der Waals surface area contributed by atoms with E-state index in [1.807, 2.05) is 36.4 Å². The Balaban J connectivity index is 1.19. The number of hydrogen-bond donors (Lipinski definition) is 0. The van der Waals surface area contributed by atoms with Gasteiger partial charge in [-0.15, -0.1) is 0 Å². The van der Waals surface area contributed by atoms with Gasteiger partial charge in [0.05, 0.1) is 5.41 Å². The minimum absolute atomic E-state index is 0.539. The second-order valence-corrected chi connectivity index (χ2v) is 15.2. The highest BCUT2D eigenvalue weighted by Crippen LogP contribution is 2.64. The van der Waals surface area contributed by atoms with Crippen molar-refractivity contribution in [3.05, 3.63) is 210 Å². The summed E-state index contributed by atoms with van der Waals surface area (Å²) in [6, 6.07) is 66.2. The van der Waals surface area contributed by atoms with Crippen LogP contribution in [0.1, 0.15) is 27.8 Å². The molecule has 3 heteroatoms. The maximum atomic E-state index is 5.18. The fourth-order valence-corrected chi connectivity index (χ4v) is 9.77. The largest absolute Gasteiger partial charge is 0.208 e. The fraction of sp³-hybridized carbons (Fsp3) is 0.0377. The predicted molar refractivity (Wildman–Crippen MR) is 230 cm³/mol. The molecule has 0 unspecified atom stereocenters. The van der Waals surface area contributed by atoms with E-state index in [0.29, 0.717) is 17.5 Å². The van der Waals surface area contributed by atoms with Crippen LogP contribution in [-0.2, 0) is 5.41 Å². The molecule has 0 saturated carbocycles. The van der Waals surface area contributed by atoms with E-state index in [1.165, 1.54) is 82.4 Å². The fourth-order valence-electron chi connectivity index (χ4n) is 9.77. The Kier molecular flexibility index (Phi) is 6.47. The number of aryl methyl sites for hydroxylation is 1. The van der Waals surface area contributed by atoms with Gasteiger partial charge in [0.1, 0.15) is 0 Å². The van der Waals surface area contributed by atoms with E-state index in [0.717, 1.165) is 16.7 Å². The third-order valence-electron chi connectivity index (χ3n) is 12.2. The first-order valence-corrected chi connectivity index (χ1v) is 19.3. The van der Waals surface area contributed by atoms with Gasteiger partial charge in [-0.25, -0.2) is 15.0 Å². The van der Waals surface area contributed by atoms with Crippen LogP contribution in [-0.4, -0.2) is 15.0 Å². The summed E-state index contributed by atoms with van der Waals surface area (Å²) in [6.45, 7) is 2.19. The van der Waals surface area contributed by atoms with Crippen molar-refractivity contribution in [2.75, 3.05) is 0 Å². The Morgan fingerprint density at radius 2 is 0.768 bits per heavy atom. The van der Waals surface area contributed by atoms with Gasteiger partial charge in [-0.2, -0.15) is 0 Å². The molecule has 9 aromatic carbocycles. The van der Waals surface area contributed by atoms with Gasteiger partial charge in [0, 0.05) is 16.7 Å². The van der Waals surface area contributed by atoms with Crippen LogP contribution in [0.3, 0.4) is 0 Å². The molecule has 10 aromatic rings. The van der Waals surface area contributed by atoms with E-state index in [4.69, 9.17) is 15.0 Å². The SMILES string of the molecule is Cc1ccc2c(c1)c1ccccc1c1cc3c(cc21)C1(c2ccccc2-c2ccccc21)c1cc(-c2nc(-c4ccccc4)nc(-c4ccccc4)n2)ccc1-3. The average molecular weight is 712 g/mol. The lowest BCUT2D eigenvalue weighted by atomic mass is 9.70. The molecular formula is C53H33N3. The Bertz CT molecular complexity index is 3150. The zero-order valence-electron chi connectivity index (χ0n) is 30.7. The van der Waals surface area contributed by atoms with E-state index < -0.39 is 5.41 Å². The van der Waals surface area contributed by atoms with E-state index in [9.17, 15) is 0 Å². The van der Waals surface area contributed by atoms with Crippen LogP contribution >= 0.6 is 0 Å². The van der Waals surface area contributed by atoms with Gasteiger partial charge >= 0.3 is 0 Å². The van der Waals surface area contributed by atoms with Gasteiger partial charge < -0.3 is 0 Å². The molecule has 0 aliphatic heterocycles. The van der Waals surface area contributed by atoms with Crippen LogP contribution in [0.2, 0.25) is 0 Å². The van der Waals surface area contributed by atoms with E-state index in [-0.39, 0.29) is 0 Å². The summed E-state index contributed by atoms with van der Waals surface area (Å²) in [5, 5.41) is 7.71. The smallest absolute Gasteiger partial charge is 0.164 e. The monoisotopic (exact) mass is 711 g/mol. The third kappa shape index (κ3) is 4.25. The lowest BCUT2D eigenvalue weighted by Gasteiger charge is -2.31. The van der Waals surface area contributed by atoms with Gasteiger partial charge in [0.15, 0.2) is 17.5 Å². The lowest BCUT2D eigenvalue weighted by Crippen LogP contribution is -2.26. The minimum Gasteiger partial charge on any atom is -0.208 e. The Morgan fingerprint density at radius 3 is 1.39 bits per heavy atom. The quantitative estimate of drug-likeness (QED) is 0.171. The molecule has 56 heavy (non-hydrogen) atoms. The first kappa shape index (κ1) is 31.2. The highest BCUT2D eigenvalue weighted by atomic mass is 15.0. The molecule has 3 nitrogen and oxygen atoms in total. The van der Waals surface area contributed by atoms with E-state index in [1.54, 1.807) is 0 Å². The molecule has 1 heterocycles. The molecule has 2 aliphatic rings. The number of fused-ring (bicyclic) bond motifs is 16.